The van der Waals surface area contributed by atoms with E-state index in [1.807, 2.05) is 54.6 Å². The molecule has 0 atom stereocenters. The number of hydrogen-bond donors (Lipinski definition) is 0. The summed E-state index contributed by atoms with van der Waals surface area (Å²) in [6.45, 7) is 0. The Morgan fingerprint density at radius 3 is 0.957 bits per heavy atom. The maximum atomic E-state index is 4.65. The first-order valence-electron chi connectivity index (χ1n) is 6.41. The van der Waals surface area contributed by atoms with Crippen molar-refractivity contribution in [2.45, 2.75) is 30.2 Å². The molecule has 0 spiro atoms. The van der Waals surface area contributed by atoms with Crippen molar-refractivity contribution in [1.29, 1.82) is 0 Å². The Morgan fingerprint density at radius 2 is 0.739 bits per heavy atom. The van der Waals surface area contributed by atoms with E-state index in [-0.39, 0.29) is 0 Å². The number of hydrogen-bond acceptors (Lipinski definition) is 6. The molecule has 23 heavy (non-hydrogen) atoms. The minimum absolute atomic E-state index is 0.950. The van der Waals surface area contributed by atoms with Crippen molar-refractivity contribution in [3.63, 3.8) is 0 Å². The zero-order valence-corrected chi connectivity index (χ0v) is 16.1. The Balaban J connectivity index is 0.000000753. The molecule has 0 aromatic carbocycles. The van der Waals surface area contributed by atoms with Gasteiger partial charge in [-0.3, -0.25) is 0 Å². The monoisotopic (exact) mass is 469 g/mol. The number of aromatic nitrogens is 3. The molecule has 0 saturated carbocycles. The standard InChI is InChI=1S/C15H9N3S3.Ag.ClH/c1-4-10-16-11(5-1)20-13-7-3-9-15(18-13)21-14-8-2-6-12(17-14)19-10;;/h1-9H;;1H/q;+1;/p-1. The van der Waals surface area contributed by atoms with E-state index < -0.39 is 0 Å². The summed E-state index contributed by atoms with van der Waals surface area (Å²) >= 11 is 7.17. The molecule has 4 heterocycles. The van der Waals surface area contributed by atoms with Gasteiger partial charge in [-0.05, 0) is 36.4 Å². The zero-order valence-electron chi connectivity index (χ0n) is 11.4. The van der Waals surface area contributed by atoms with Crippen LogP contribution in [0.25, 0.3) is 0 Å². The molecule has 0 fully saturated rings. The number of pyridine rings is 3. The molecule has 3 aromatic rings. The van der Waals surface area contributed by atoms with Crippen LogP contribution in [0.4, 0.5) is 0 Å². The van der Waals surface area contributed by atoms with Crippen molar-refractivity contribution in [1.82, 2.24) is 15.0 Å². The van der Waals surface area contributed by atoms with Crippen molar-refractivity contribution in [3.8, 4) is 0 Å². The van der Waals surface area contributed by atoms with Gasteiger partial charge in [-0.1, -0.05) is 53.5 Å². The van der Waals surface area contributed by atoms with Crippen LogP contribution in [0, 0.1) is 0 Å². The molecule has 4 rings (SSSR count). The van der Waals surface area contributed by atoms with Gasteiger partial charge in [0.05, 0.1) is 0 Å². The molecule has 0 amide bonds. The van der Waals surface area contributed by atoms with E-state index in [4.69, 9.17) is 0 Å². The number of halogens is 1. The van der Waals surface area contributed by atoms with Crippen molar-refractivity contribution >= 4 is 44.5 Å². The van der Waals surface area contributed by atoms with Gasteiger partial charge in [0.1, 0.15) is 30.2 Å². The van der Waals surface area contributed by atoms with E-state index in [2.05, 4.69) is 44.1 Å². The Bertz CT molecular complexity index is 659. The Kier molecular flexibility index (Phi) is 6.47. The average molecular weight is 471 g/mol. The van der Waals surface area contributed by atoms with Crippen LogP contribution in [0.3, 0.4) is 0 Å². The summed E-state index contributed by atoms with van der Waals surface area (Å²) in [4.78, 5) is 14.0. The summed E-state index contributed by atoms with van der Waals surface area (Å²) in [6.07, 6.45) is 0. The summed E-state index contributed by atoms with van der Waals surface area (Å²) in [5.74, 6) is 0. The second-order valence-corrected chi connectivity index (χ2v) is 7.37. The van der Waals surface area contributed by atoms with Crippen molar-refractivity contribution in [3.05, 3.63) is 54.6 Å². The topological polar surface area (TPSA) is 38.7 Å². The maximum Gasteiger partial charge on any atom is 0.104 e. The van der Waals surface area contributed by atoms with Crippen molar-refractivity contribution < 1.29 is 20.0 Å². The molecule has 1 aliphatic heterocycles. The van der Waals surface area contributed by atoms with Gasteiger partial charge < -0.3 is 0 Å². The van der Waals surface area contributed by atoms with Crippen LogP contribution >= 0.6 is 44.5 Å². The van der Waals surface area contributed by atoms with Gasteiger partial charge in [0.15, 0.2) is 0 Å². The molecule has 120 valence electrons. The Morgan fingerprint density at radius 1 is 0.522 bits per heavy atom. The summed E-state index contributed by atoms with van der Waals surface area (Å²) in [5.41, 5.74) is 0. The van der Waals surface area contributed by atoms with E-state index in [9.17, 15) is 0 Å². The molecule has 8 heteroatoms. The van der Waals surface area contributed by atoms with Crippen LogP contribution in [0.1, 0.15) is 0 Å². The fourth-order valence-electron chi connectivity index (χ4n) is 1.85. The SMILES string of the molecule is [Cl][Ag].c1cc2nc(c1)Sc1cccc(n1)Sc1cccc(n1)S2. The van der Waals surface area contributed by atoms with Crippen LogP contribution in [-0.4, -0.2) is 15.0 Å². The fourth-order valence-corrected chi connectivity index (χ4v) is 4.41. The minimum atomic E-state index is 0.950. The molecule has 3 nitrogen and oxygen atoms in total. The van der Waals surface area contributed by atoms with E-state index in [0.717, 1.165) is 30.2 Å². The van der Waals surface area contributed by atoms with E-state index in [0.29, 0.717) is 0 Å². The predicted molar refractivity (Wildman–Crippen MR) is 90.9 cm³/mol. The molecule has 1 aliphatic rings. The molecule has 6 bridgehead atoms. The first-order chi connectivity index (χ1) is 11.3. The molecule has 0 aliphatic carbocycles. The second-order valence-electron chi connectivity index (χ2n) is 4.25. The van der Waals surface area contributed by atoms with Crippen LogP contribution in [0.5, 0.6) is 0 Å². The van der Waals surface area contributed by atoms with Gasteiger partial charge in [0.2, 0.25) is 0 Å². The minimum Gasteiger partial charge on any atom is -0.234 e. The molecular weight excluding hydrogens is 462 g/mol. The molecular formula is C15H9AgClN3S3. The Hall–Kier alpha value is -0.470. The van der Waals surface area contributed by atoms with Crippen molar-refractivity contribution in [2.75, 3.05) is 0 Å². The summed E-state index contributed by atoms with van der Waals surface area (Å²) in [5, 5.41) is 5.70. The second kappa shape index (κ2) is 8.58. The largest absolute Gasteiger partial charge is 0.234 e. The van der Waals surface area contributed by atoms with Gasteiger partial charge in [-0.2, -0.15) is 0 Å². The van der Waals surface area contributed by atoms with E-state index in [1.54, 1.807) is 35.3 Å². The molecule has 0 N–H and O–H groups in total. The van der Waals surface area contributed by atoms with Gasteiger partial charge >= 0.3 is 29.2 Å². The van der Waals surface area contributed by atoms with Gasteiger partial charge in [0.25, 0.3) is 0 Å². The summed E-state index contributed by atoms with van der Waals surface area (Å²) < 4.78 is 0. The van der Waals surface area contributed by atoms with Gasteiger partial charge in [-0.15, -0.1) is 0 Å². The summed E-state index contributed by atoms with van der Waals surface area (Å²) in [7, 11) is 4.45. The predicted octanol–water partition coefficient (Wildman–Crippen LogP) is 5.33. The van der Waals surface area contributed by atoms with E-state index in [1.165, 1.54) is 0 Å². The maximum absolute atomic E-state index is 4.65. The third-order valence-electron chi connectivity index (χ3n) is 2.72. The first-order valence-corrected chi connectivity index (χ1v) is 10.8. The fraction of sp³-hybridized carbons (Fsp3) is 0. The van der Waals surface area contributed by atoms with Crippen LogP contribution in [-0.2, 0) is 20.0 Å². The van der Waals surface area contributed by atoms with Crippen LogP contribution < -0.4 is 0 Å². The normalized spacial score (nSPS) is 12.3. The van der Waals surface area contributed by atoms with Gasteiger partial charge in [-0.25, -0.2) is 15.0 Å². The van der Waals surface area contributed by atoms with Crippen molar-refractivity contribution in [2.24, 2.45) is 0 Å². The quantitative estimate of drug-likeness (QED) is 0.324. The number of nitrogens with zero attached hydrogens (tertiary/aromatic N) is 3. The van der Waals surface area contributed by atoms with Gasteiger partial charge in [0, 0.05) is 0 Å². The third-order valence-corrected chi connectivity index (χ3v) is 5.34. The Labute approximate surface area is 163 Å². The molecule has 0 saturated heterocycles. The average Bonchev–Trinajstić information content (AvgIpc) is 2.57. The van der Waals surface area contributed by atoms with Crippen LogP contribution in [0.2, 0.25) is 0 Å². The number of rotatable bonds is 0. The number of fused-ring (bicyclic) bond motifs is 6. The molecule has 3 aromatic heterocycles. The summed E-state index contributed by atoms with van der Waals surface area (Å²) in [6, 6.07) is 18.1. The first kappa shape index (κ1) is 17.4. The van der Waals surface area contributed by atoms with E-state index >= 15 is 0 Å². The zero-order chi connectivity index (χ0) is 16.1. The molecule has 0 radical (unpaired) electrons. The van der Waals surface area contributed by atoms with Crippen LogP contribution in [0.15, 0.2) is 84.8 Å². The molecule has 0 unspecified atom stereocenters. The third kappa shape index (κ3) is 4.76. The smallest absolute Gasteiger partial charge is 0.104 e.